The number of nitrogens with one attached hydrogen (secondary N) is 1. The molecule has 9 nitrogen and oxygen atoms in total. The molecule has 1 aliphatic heterocycles. The summed E-state index contributed by atoms with van der Waals surface area (Å²) in [5.41, 5.74) is 1.08. The van der Waals surface area contributed by atoms with Crippen molar-refractivity contribution in [2.45, 2.75) is 38.7 Å². The maximum Gasteiger partial charge on any atom is 0.271 e. The van der Waals surface area contributed by atoms with E-state index in [4.69, 9.17) is 9.26 Å². The van der Waals surface area contributed by atoms with Crippen LogP contribution in [-0.2, 0) is 4.74 Å². The Balaban J connectivity index is 1.48. The number of pyridine rings is 1. The van der Waals surface area contributed by atoms with E-state index in [2.05, 4.69) is 25.4 Å². The Hall–Kier alpha value is -3.07. The lowest BCUT2D eigenvalue weighted by molar-refractivity contribution is 0.0854. The largest absolute Gasteiger partial charge is 0.376 e. The minimum absolute atomic E-state index is 0.0921. The van der Waals surface area contributed by atoms with Gasteiger partial charge in [-0.15, -0.1) is 0 Å². The normalized spacial score (nSPS) is 16.6. The second kappa shape index (κ2) is 7.89. The molecule has 1 fully saturated rings. The Morgan fingerprint density at radius 1 is 1.39 bits per heavy atom. The smallest absolute Gasteiger partial charge is 0.271 e. The highest BCUT2D eigenvalue weighted by Crippen LogP contribution is 2.21. The fourth-order valence-electron chi connectivity index (χ4n) is 2.95. The van der Waals surface area contributed by atoms with Gasteiger partial charge in [-0.05, 0) is 25.0 Å². The van der Waals surface area contributed by atoms with E-state index in [1.54, 1.807) is 29.4 Å². The van der Waals surface area contributed by atoms with Crippen LogP contribution in [0.2, 0.25) is 0 Å². The van der Waals surface area contributed by atoms with Crippen LogP contribution in [0.3, 0.4) is 0 Å². The molecule has 146 valence electrons. The van der Waals surface area contributed by atoms with Gasteiger partial charge in [-0.3, -0.25) is 9.36 Å². The molecule has 28 heavy (non-hydrogen) atoms. The molecule has 1 N–H and O–H groups in total. The fourth-order valence-corrected chi connectivity index (χ4v) is 2.95. The lowest BCUT2D eigenvalue weighted by Crippen LogP contribution is -2.31. The lowest BCUT2D eigenvalue weighted by Gasteiger charge is -2.09. The third kappa shape index (κ3) is 3.94. The van der Waals surface area contributed by atoms with Gasteiger partial charge in [-0.25, -0.2) is 9.97 Å². The van der Waals surface area contributed by atoms with Crippen molar-refractivity contribution in [1.29, 1.82) is 0 Å². The summed E-state index contributed by atoms with van der Waals surface area (Å²) in [6.45, 7) is 5.26. The molecule has 3 aromatic rings. The molecule has 0 aliphatic carbocycles. The highest BCUT2D eigenvalue weighted by atomic mass is 16.5. The first-order chi connectivity index (χ1) is 13.6. The summed E-state index contributed by atoms with van der Waals surface area (Å²) in [6, 6.07) is 3.61. The minimum Gasteiger partial charge on any atom is -0.376 e. The van der Waals surface area contributed by atoms with Gasteiger partial charge in [-0.1, -0.05) is 19.0 Å². The molecule has 0 spiro atoms. The van der Waals surface area contributed by atoms with Crippen molar-refractivity contribution in [2.24, 2.45) is 0 Å². The average molecular weight is 382 g/mol. The standard InChI is InChI=1S/C19H22N6O3/c1-12(2)17-23-19(28-24-17)13-5-6-20-16(8-13)25-10-15(22-11-25)18(26)21-9-14-4-3-7-27-14/h5-6,8,10-12,14H,3-4,7,9H2,1-2H3,(H,21,26). The van der Waals surface area contributed by atoms with Crippen LogP contribution in [0.1, 0.15) is 48.9 Å². The van der Waals surface area contributed by atoms with Gasteiger partial charge in [0, 0.05) is 37.0 Å². The molecule has 1 saturated heterocycles. The van der Waals surface area contributed by atoms with Crippen molar-refractivity contribution in [3.63, 3.8) is 0 Å². The first-order valence-electron chi connectivity index (χ1n) is 9.34. The van der Waals surface area contributed by atoms with Gasteiger partial charge in [0.25, 0.3) is 11.8 Å². The third-order valence-corrected chi connectivity index (χ3v) is 4.54. The maximum absolute atomic E-state index is 12.3. The predicted molar refractivity (Wildman–Crippen MR) is 100 cm³/mol. The summed E-state index contributed by atoms with van der Waals surface area (Å²) >= 11 is 0. The Labute approximate surface area is 162 Å². The summed E-state index contributed by atoms with van der Waals surface area (Å²) in [7, 11) is 0. The second-order valence-electron chi connectivity index (χ2n) is 7.03. The Bertz CT molecular complexity index is 958. The van der Waals surface area contributed by atoms with Crippen molar-refractivity contribution in [1.82, 2.24) is 30.0 Å². The Morgan fingerprint density at radius 2 is 2.29 bits per heavy atom. The number of ether oxygens (including phenoxy) is 1. The van der Waals surface area contributed by atoms with Crippen LogP contribution in [0, 0.1) is 0 Å². The number of hydrogen-bond acceptors (Lipinski definition) is 7. The summed E-state index contributed by atoms with van der Waals surface area (Å²) in [4.78, 5) is 25.2. The van der Waals surface area contributed by atoms with Gasteiger partial charge >= 0.3 is 0 Å². The lowest BCUT2D eigenvalue weighted by atomic mass is 10.2. The van der Waals surface area contributed by atoms with Crippen molar-refractivity contribution < 1.29 is 14.1 Å². The van der Waals surface area contributed by atoms with Crippen LogP contribution in [-0.4, -0.2) is 49.8 Å². The molecule has 4 heterocycles. The molecule has 1 aliphatic rings. The van der Waals surface area contributed by atoms with Crippen LogP contribution in [0.25, 0.3) is 17.3 Å². The van der Waals surface area contributed by atoms with Crippen LogP contribution < -0.4 is 5.32 Å². The highest BCUT2D eigenvalue weighted by molar-refractivity contribution is 5.92. The Morgan fingerprint density at radius 3 is 3.04 bits per heavy atom. The average Bonchev–Trinajstić information content (AvgIpc) is 3.48. The summed E-state index contributed by atoms with van der Waals surface area (Å²) in [6.07, 6.45) is 6.95. The van der Waals surface area contributed by atoms with Crippen molar-refractivity contribution in [3.05, 3.63) is 42.4 Å². The molecule has 0 aromatic carbocycles. The quantitative estimate of drug-likeness (QED) is 0.697. The zero-order valence-electron chi connectivity index (χ0n) is 15.8. The number of carbonyl (C=O) groups is 1. The molecule has 1 atom stereocenters. The van der Waals surface area contributed by atoms with Crippen molar-refractivity contribution in [2.75, 3.05) is 13.2 Å². The predicted octanol–water partition coefficient (Wildman–Crippen LogP) is 2.35. The van der Waals surface area contributed by atoms with E-state index < -0.39 is 0 Å². The van der Waals surface area contributed by atoms with Crippen LogP contribution in [0.5, 0.6) is 0 Å². The van der Waals surface area contributed by atoms with Crippen molar-refractivity contribution in [3.8, 4) is 17.3 Å². The number of hydrogen-bond donors (Lipinski definition) is 1. The van der Waals surface area contributed by atoms with E-state index in [9.17, 15) is 4.79 Å². The molecule has 3 aromatic heterocycles. The number of nitrogens with zero attached hydrogens (tertiary/aromatic N) is 5. The van der Waals surface area contributed by atoms with E-state index in [0.717, 1.165) is 25.0 Å². The van der Waals surface area contributed by atoms with E-state index in [-0.39, 0.29) is 17.9 Å². The van der Waals surface area contributed by atoms with Gasteiger partial charge in [0.05, 0.1) is 6.10 Å². The molecule has 0 radical (unpaired) electrons. The zero-order valence-corrected chi connectivity index (χ0v) is 15.8. The maximum atomic E-state index is 12.3. The number of carbonyl (C=O) groups excluding carboxylic acids is 1. The van der Waals surface area contributed by atoms with Gasteiger partial charge in [-0.2, -0.15) is 4.98 Å². The fraction of sp³-hybridized carbons (Fsp3) is 0.421. The Kier molecular flexibility index (Phi) is 5.16. The number of rotatable bonds is 6. The van der Waals surface area contributed by atoms with E-state index >= 15 is 0 Å². The third-order valence-electron chi connectivity index (χ3n) is 4.54. The SMILES string of the molecule is CC(C)c1noc(-c2ccnc(-n3cnc(C(=O)NCC4CCCO4)c3)c2)n1. The molecule has 9 heteroatoms. The molecule has 0 saturated carbocycles. The molecule has 0 bridgehead atoms. The van der Waals surface area contributed by atoms with Crippen LogP contribution in [0.15, 0.2) is 35.4 Å². The number of imidazole rings is 1. The van der Waals surface area contributed by atoms with E-state index in [1.165, 1.54) is 0 Å². The first-order valence-corrected chi connectivity index (χ1v) is 9.34. The zero-order chi connectivity index (χ0) is 19.5. The van der Waals surface area contributed by atoms with Crippen molar-refractivity contribution >= 4 is 5.91 Å². The van der Waals surface area contributed by atoms with E-state index in [1.807, 2.05) is 19.9 Å². The number of amides is 1. The number of aromatic nitrogens is 5. The van der Waals surface area contributed by atoms with Gasteiger partial charge in [0.1, 0.15) is 17.8 Å². The molecular weight excluding hydrogens is 360 g/mol. The topological polar surface area (TPSA) is 108 Å². The molecular formula is C19H22N6O3. The summed E-state index contributed by atoms with van der Waals surface area (Å²) < 4.78 is 12.5. The summed E-state index contributed by atoms with van der Waals surface area (Å²) in [5.74, 6) is 1.64. The van der Waals surface area contributed by atoms with Crippen LogP contribution in [0.4, 0.5) is 0 Å². The summed E-state index contributed by atoms with van der Waals surface area (Å²) in [5, 5.41) is 6.85. The van der Waals surface area contributed by atoms with Gasteiger partial charge in [0.2, 0.25) is 0 Å². The molecule has 1 unspecified atom stereocenters. The second-order valence-corrected chi connectivity index (χ2v) is 7.03. The van der Waals surface area contributed by atoms with Crippen LogP contribution >= 0.6 is 0 Å². The van der Waals surface area contributed by atoms with E-state index in [0.29, 0.717) is 29.8 Å². The van der Waals surface area contributed by atoms with Gasteiger partial charge < -0.3 is 14.6 Å². The van der Waals surface area contributed by atoms with Gasteiger partial charge in [0.15, 0.2) is 5.82 Å². The first kappa shape index (κ1) is 18.3. The molecule has 4 rings (SSSR count). The highest BCUT2D eigenvalue weighted by Gasteiger charge is 2.18. The monoisotopic (exact) mass is 382 g/mol. The minimum atomic E-state index is -0.233. The molecule has 1 amide bonds.